The molecule has 1 atom stereocenters. The van der Waals surface area contributed by atoms with Gasteiger partial charge < -0.3 is 14.8 Å². The van der Waals surface area contributed by atoms with Gasteiger partial charge in [0.2, 0.25) is 5.91 Å². The lowest BCUT2D eigenvalue weighted by molar-refractivity contribution is -0.139. The Hall–Kier alpha value is -3.03. The molecule has 30 heavy (non-hydrogen) atoms. The number of fused-ring (bicyclic) bond motifs is 1. The molecule has 2 aliphatic heterocycles. The maximum Gasteiger partial charge on any atom is 0.255 e. The van der Waals surface area contributed by atoms with Gasteiger partial charge in [-0.15, -0.1) is 0 Å². The number of aromatic amines is 1. The summed E-state index contributed by atoms with van der Waals surface area (Å²) < 4.78 is 0. The number of hydrogen-bond acceptors (Lipinski definition) is 5. The van der Waals surface area contributed by atoms with Crippen molar-refractivity contribution in [1.29, 1.82) is 0 Å². The first-order valence-electron chi connectivity index (χ1n) is 10.7. The number of likely N-dealkylation sites (tertiary alicyclic amines) is 1. The molecule has 1 saturated heterocycles. The van der Waals surface area contributed by atoms with Crippen LogP contribution in [0.3, 0.4) is 0 Å². The highest BCUT2D eigenvalue weighted by molar-refractivity contribution is 5.94. The predicted octanol–water partition coefficient (Wildman–Crippen LogP) is 1.48. The summed E-state index contributed by atoms with van der Waals surface area (Å²) in [6.45, 7) is 2.13. The van der Waals surface area contributed by atoms with Crippen LogP contribution in [-0.2, 0) is 17.8 Å². The molecular formula is C22H25N5O3. The number of nitrogens with one attached hydrogen (secondary N) is 1. The number of carbonyl (C=O) groups excluding carboxylic acids is 2. The molecule has 8 heteroatoms. The molecule has 2 fully saturated rings. The van der Waals surface area contributed by atoms with Crippen LogP contribution >= 0.6 is 0 Å². The molecule has 1 aliphatic carbocycles. The van der Waals surface area contributed by atoms with Crippen LogP contribution in [0, 0.1) is 5.92 Å². The Morgan fingerprint density at radius 1 is 1.13 bits per heavy atom. The topological polar surface area (TPSA) is 99.3 Å². The van der Waals surface area contributed by atoms with Gasteiger partial charge in [-0.1, -0.05) is 6.42 Å². The number of carbonyl (C=O) groups is 2. The summed E-state index contributed by atoms with van der Waals surface area (Å²) in [7, 11) is 0. The lowest BCUT2D eigenvalue weighted by Gasteiger charge is -2.34. The standard InChI is InChI=1S/C22H25N5O3/c28-20-17-7-10-27(21(29)14-3-1-4-14)13-18(17)24-19(25-20)16-6-9-26(12-16)22(30)15-5-2-8-23-11-15/h2,5,8,11,14,16H,1,3-4,6-7,9-10,12-13H2,(H,24,25,28). The summed E-state index contributed by atoms with van der Waals surface area (Å²) >= 11 is 0. The predicted molar refractivity (Wildman–Crippen MR) is 109 cm³/mol. The zero-order valence-electron chi connectivity index (χ0n) is 16.8. The molecule has 5 rings (SSSR count). The summed E-state index contributed by atoms with van der Waals surface area (Å²) in [5.74, 6) is 0.905. The van der Waals surface area contributed by atoms with Crippen molar-refractivity contribution in [2.45, 2.75) is 44.6 Å². The van der Waals surface area contributed by atoms with Crippen LogP contribution < -0.4 is 5.56 Å². The molecule has 1 N–H and O–H groups in total. The van der Waals surface area contributed by atoms with Crippen LogP contribution in [0.5, 0.6) is 0 Å². The normalized spacial score (nSPS) is 21.3. The molecule has 4 heterocycles. The van der Waals surface area contributed by atoms with E-state index >= 15 is 0 Å². The van der Waals surface area contributed by atoms with Crippen LogP contribution in [0.2, 0.25) is 0 Å². The maximum atomic E-state index is 12.7. The van der Waals surface area contributed by atoms with E-state index in [0.29, 0.717) is 55.2 Å². The van der Waals surface area contributed by atoms with Crippen molar-refractivity contribution in [3.05, 3.63) is 57.5 Å². The van der Waals surface area contributed by atoms with E-state index < -0.39 is 0 Å². The molecule has 1 unspecified atom stereocenters. The van der Waals surface area contributed by atoms with Crippen LogP contribution in [0.25, 0.3) is 0 Å². The van der Waals surface area contributed by atoms with Gasteiger partial charge in [-0.25, -0.2) is 4.98 Å². The molecule has 0 aromatic carbocycles. The molecule has 0 radical (unpaired) electrons. The summed E-state index contributed by atoms with van der Waals surface area (Å²) in [4.78, 5) is 53.4. The monoisotopic (exact) mass is 407 g/mol. The third-order valence-corrected chi connectivity index (χ3v) is 6.63. The minimum absolute atomic E-state index is 0.0127. The molecule has 3 aliphatic rings. The summed E-state index contributed by atoms with van der Waals surface area (Å²) in [5.41, 5.74) is 1.86. The van der Waals surface area contributed by atoms with Gasteiger partial charge in [0, 0.05) is 49.4 Å². The van der Waals surface area contributed by atoms with Gasteiger partial charge in [-0.05, 0) is 37.8 Å². The Bertz CT molecular complexity index is 1030. The molecule has 156 valence electrons. The SMILES string of the molecule is O=C(c1cccnc1)N1CCC(c2nc3c(c(=O)[nH]2)CCN(C(=O)C2CCC2)C3)C1. The highest BCUT2D eigenvalue weighted by Gasteiger charge is 2.34. The number of amides is 2. The Balaban J connectivity index is 1.33. The first kappa shape index (κ1) is 19.0. The van der Waals surface area contributed by atoms with Crippen molar-refractivity contribution in [2.75, 3.05) is 19.6 Å². The fraction of sp³-hybridized carbons (Fsp3) is 0.500. The lowest BCUT2D eigenvalue weighted by Crippen LogP contribution is -2.43. The Labute approximate surface area is 174 Å². The minimum Gasteiger partial charge on any atom is -0.338 e. The molecule has 8 nitrogen and oxygen atoms in total. The largest absolute Gasteiger partial charge is 0.338 e. The second-order valence-electron chi connectivity index (χ2n) is 8.49. The van der Waals surface area contributed by atoms with Gasteiger partial charge >= 0.3 is 0 Å². The third-order valence-electron chi connectivity index (χ3n) is 6.63. The van der Waals surface area contributed by atoms with Crippen LogP contribution in [0.15, 0.2) is 29.3 Å². The number of aromatic nitrogens is 3. The van der Waals surface area contributed by atoms with Crippen molar-refractivity contribution in [3.63, 3.8) is 0 Å². The van der Waals surface area contributed by atoms with Crippen molar-refractivity contribution >= 4 is 11.8 Å². The van der Waals surface area contributed by atoms with Gasteiger partial charge in [0.15, 0.2) is 0 Å². The summed E-state index contributed by atoms with van der Waals surface area (Å²) in [6, 6.07) is 3.51. The second-order valence-corrected chi connectivity index (χ2v) is 8.49. The van der Waals surface area contributed by atoms with Gasteiger partial charge in [-0.2, -0.15) is 0 Å². The number of nitrogens with zero attached hydrogens (tertiary/aromatic N) is 4. The molecule has 1 saturated carbocycles. The van der Waals surface area contributed by atoms with E-state index in [1.54, 1.807) is 29.4 Å². The highest BCUT2D eigenvalue weighted by Crippen LogP contribution is 2.30. The van der Waals surface area contributed by atoms with Crippen molar-refractivity contribution in [2.24, 2.45) is 5.92 Å². The van der Waals surface area contributed by atoms with Gasteiger partial charge in [0.25, 0.3) is 11.5 Å². The minimum atomic E-state index is -0.109. The van der Waals surface area contributed by atoms with E-state index in [-0.39, 0.29) is 29.2 Å². The number of H-pyrrole nitrogens is 1. The first-order valence-corrected chi connectivity index (χ1v) is 10.7. The number of pyridine rings is 1. The Kier molecular flexibility index (Phi) is 4.84. The summed E-state index contributed by atoms with van der Waals surface area (Å²) in [5, 5.41) is 0. The molecule has 0 bridgehead atoms. The van der Waals surface area contributed by atoms with E-state index in [9.17, 15) is 14.4 Å². The van der Waals surface area contributed by atoms with E-state index in [1.165, 1.54) is 0 Å². The zero-order valence-corrected chi connectivity index (χ0v) is 16.8. The quantitative estimate of drug-likeness (QED) is 0.831. The van der Waals surface area contributed by atoms with E-state index in [1.807, 2.05) is 4.90 Å². The fourth-order valence-electron chi connectivity index (χ4n) is 4.59. The van der Waals surface area contributed by atoms with Crippen LogP contribution in [-0.4, -0.2) is 56.2 Å². The van der Waals surface area contributed by atoms with Crippen LogP contribution in [0.4, 0.5) is 0 Å². The van der Waals surface area contributed by atoms with Crippen molar-refractivity contribution in [1.82, 2.24) is 24.8 Å². The molecular weight excluding hydrogens is 382 g/mol. The number of hydrogen-bond donors (Lipinski definition) is 1. The zero-order chi connectivity index (χ0) is 20.7. The average molecular weight is 407 g/mol. The highest BCUT2D eigenvalue weighted by atomic mass is 16.2. The van der Waals surface area contributed by atoms with E-state index in [2.05, 4.69) is 9.97 Å². The Morgan fingerprint density at radius 3 is 2.73 bits per heavy atom. The molecule has 2 amide bonds. The van der Waals surface area contributed by atoms with Crippen LogP contribution in [0.1, 0.15) is 59.0 Å². The molecule has 2 aromatic heterocycles. The van der Waals surface area contributed by atoms with Crippen molar-refractivity contribution in [3.8, 4) is 0 Å². The van der Waals surface area contributed by atoms with Gasteiger partial charge in [-0.3, -0.25) is 19.4 Å². The molecule has 2 aromatic rings. The smallest absolute Gasteiger partial charge is 0.255 e. The van der Waals surface area contributed by atoms with Gasteiger partial charge in [0.05, 0.1) is 17.8 Å². The summed E-state index contributed by atoms with van der Waals surface area (Å²) in [6.07, 6.45) is 7.58. The van der Waals surface area contributed by atoms with Crippen molar-refractivity contribution < 1.29 is 9.59 Å². The lowest BCUT2D eigenvalue weighted by atomic mass is 9.84. The average Bonchev–Trinajstić information content (AvgIpc) is 3.22. The third kappa shape index (κ3) is 3.40. The fourth-order valence-corrected chi connectivity index (χ4v) is 4.59. The van der Waals surface area contributed by atoms with E-state index in [4.69, 9.17) is 4.98 Å². The first-order chi connectivity index (χ1) is 14.6. The maximum absolute atomic E-state index is 12.7. The number of rotatable bonds is 3. The Morgan fingerprint density at radius 2 is 2.00 bits per heavy atom. The van der Waals surface area contributed by atoms with Gasteiger partial charge in [0.1, 0.15) is 5.82 Å². The molecule has 0 spiro atoms. The van der Waals surface area contributed by atoms with E-state index in [0.717, 1.165) is 25.7 Å². The second kappa shape index (κ2) is 7.66.